The number of amides is 1. The van der Waals surface area contributed by atoms with Crippen molar-refractivity contribution in [2.24, 2.45) is 11.7 Å². The molecule has 0 unspecified atom stereocenters. The van der Waals surface area contributed by atoms with E-state index in [9.17, 15) is 13.2 Å². The molecule has 0 fully saturated rings. The van der Waals surface area contributed by atoms with Gasteiger partial charge in [-0.2, -0.15) is 0 Å². The highest BCUT2D eigenvalue weighted by Gasteiger charge is 2.16. The minimum absolute atomic E-state index is 0.0628. The van der Waals surface area contributed by atoms with Gasteiger partial charge in [0, 0.05) is 13.1 Å². The first kappa shape index (κ1) is 14.3. The molecule has 0 rings (SSSR count). The summed E-state index contributed by atoms with van der Waals surface area (Å²) in [4.78, 5) is 11.3. The third-order valence-corrected chi connectivity index (χ3v) is 2.54. The van der Waals surface area contributed by atoms with E-state index in [0.717, 1.165) is 6.26 Å². The van der Waals surface area contributed by atoms with Crippen molar-refractivity contribution in [2.75, 3.05) is 19.3 Å². The average Bonchev–Trinajstić information content (AvgIpc) is 2.09. The Balaban J connectivity index is 3.74. The molecule has 4 N–H and O–H groups in total. The van der Waals surface area contributed by atoms with Crippen LogP contribution in [0.5, 0.6) is 0 Å². The van der Waals surface area contributed by atoms with E-state index in [4.69, 9.17) is 5.73 Å². The molecule has 0 radical (unpaired) electrons. The SMILES string of the molecule is CC(C)[C@H](N)C(=O)NCCNS(C)(=O)=O. The number of rotatable bonds is 6. The number of hydrogen-bond acceptors (Lipinski definition) is 4. The van der Waals surface area contributed by atoms with Crippen molar-refractivity contribution in [3.63, 3.8) is 0 Å². The number of carbonyl (C=O) groups excluding carboxylic acids is 1. The van der Waals surface area contributed by atoms with Gasteiger partial charge in [0.25, 0.3) is 0 Å². The van der Waals surface area contributed by atoms with Gasteiger partial charge in [-0.15, -0.1) is 0 Å². The Morgan fingerprint density at radius 3 is 2.27 bits per heavy atom. The van der Waals surface area contributed by atoms with Crippen LogP contribution in [0, 0.1) is 5.92 Å². The van der Waals surface area contributed by atoms with Crippen LogP contribution in [0.15, 0.2) is 0 Å². The standard InChI is InChI=1S/C8H19N3O3S/c1-6(2)7(9)8(12)10-4-5-11-15(3,13)14/h6-7,11H,4-5,9H2,1-3H3,(H,10,12)/t7-/m0/s1. The van der Waals surface area contributed by atoms with Crippen molar-refractivity contribution in [2.45, 2.75) is 19.9 Å². The fourth-order valence-electron chi connectivity index (χ4n) is 0.843. The summed E-state index contributed by atoms with van der Waals surface area (Å²) in [5.74, 6) is -0.201. The monoisotopic (exact) mass is 237 g/mol. The maximum Gasteiger partial charge on any atom is 0.237 e. The average molecular weight is 237 g/mol. The van der Waals surface area contributed by atoms with Gasteiger partial charge < -0.3 is 11.1 Å². The van der Waals surface area contributed by atoms with Crippen LogP contribution in [0.25, 0.3) is 0 Å². The molecule has 0 aliphatic heterocycles. The Morgan fingerprint density at radius 1 is 1.33 bits per heavy atom. The van der Waals surface area contributed by atoms with Gasteiger partial charge in [0.05, 0.1) is 12.3 Å². The molecule has 0 spiro atoms. The van der Waals surface area contributed by atoms with E-state index in [2.05, 4.69) is 10.0 Å². The van der Waals surface area contributed by atoms with Gasteiger partial charge in [-0.3, -0.25) is 4.79 Å². The summed E-state index contributed by atoms with van der Waals surface area (Å²) in [7, 11) is -3.19. The number of hydrogen-bond donors (Lipinski definition) is 3. The topological polar surface area (TPSA) is 101 Å². The predicted octanol–water partition coefficient (Wildman–Crippen LogP) is -1.36. The zero-order valence-corrected chi connectivity index (χ0v) is 10.1. The molecular formula is C8H19N3O3S. The second-order valence-corrected chi connectivity index (χ2v) is 5.56. The Bertz CT molecular complexity index is 300. The highest BCUT2D eigenvalue weighted by Crippen LogP contribution is 1.96. The van der Waals surface area contributed by atoms with E-state index in [0.29, 0.717) is 0 Å². The summed E-state index contributed by atoms with van der Waals surface area (Å²) in [5, 5.41) is 2.55. The Labute approximate surface area is 90.7 Å². The van der Waals surface area contributed by atoms with Crippen LogP contribution in [0.4, 0.5) is 0 Å². The summed E-state index contributed by atoms with van der Waals surface area (Å²) < 4.78 is 23.6. The van der Waals surface area contributed by atoms with Crippen molar-refractivity contribution in [1.82, 2.24) is 10.0 Å². The van der Waals surface area contributed by atoms with Crippen molar-refractivity contribution in [3.05, 3.63) is 0 Å². The van der Waals surface area contributed by atoms with E-state index in [-0.39, 0.29) is 24.9 Å². The molecule has 0 heterocycles. The largest absolute Gasteiger partial charge is 0.353 e. The molecule has 0 aromatic heterocycles. The molecule has 0 aromatic carbocycles. The maximum absolute atomic E-state index is 11.3. The Morgan fingerprint density at radius 2 is 1.87 bits per heavy atom. The van der Waals surface area contributed by atoms with Crippen LogP contribution in [0.2, 0.25) is 0 Å². The van der Waals surface area contributed by atoms with Gasteiger partial charge in [-0.1, -0.05) is 13.8 Å². The Kier molecular flexibility index (Phi) is 5.77. The van der Waals surface area contributed by atoms with Crippen LogP contribution in [0.1, 0.15) is 13.8 Å². The predicted molar refractivity (Wildman–Crippen MR) is 58.7 cm³/mol. The highest BCUT2D eigenvalue weighted by atomic mass is 32.2. The first-order valence-corrected chi connectivity index (χ1v) is 6.61. The number of nitrogens with two attached hydrogens (primary N) is 1. The van der Waals surface area contributed by atoms with E-state index >= 15 is 0 Å². The van der Waals surface area contributed by atoms with E-state index in [1.54, 1.807) is 0 Å². The highest BCUT2D eigenvalue weighted by molar-refractivity contribution is 7.88. The fraction of sp³-hybridized carbons (Fsp3) is 0.875. The third-order valence-electron chi connectivity index (χ3n) is 1.81. The van der Waals surface area contributed by atoms with Gasteiger partial charge in [0.1, 0.15) is 0 Å². The molecule has 6 nitrogen and oxygen atoms in total. The Hall–Kier alpha value is -0.660. The van der Waals surface area contributed by atoms with Gasteiger partial charge in [0.15, 0.2) is 0 Å². The molecule has 0 bridgehead atoms. The van der Waals surface area contributed by atoms with E-state index in [1.807, 2.05) is 13.8 Å². The maximum atomic E-state index is 11.3. The van der Waals surface area contributed by atoms with Gasteiger partial charge in [0.2, 0.25) is 15.9 Å². The number of sulfonamides is 1. The van der Waals surface area contributed by atoms with Crippen LogP contribution in [-0.2, 0) is 14.8 Å². The smallest absolute Gasteiger partial charge is 0.237 e. The molecule has 0 aromatic rings. The summed E-state index contributed by atoms with van der Waals surface area (Å²) in [6.45, 7) is 4.11. The van der Waals surface area contributed by atoms with Crippen LogP contribution in [-0.4, -0.2) is 39.7 Å². The van der Waals surface area contributed by atoms with E-state index < -0.39 is 16.1 Å². The van der Waals surface area contributed by atoms with Crippen LogP contribution < -0.4 is 15.8 Å². The lowest BCUT2D eigenvalue weighted by atomic mass is 10.1. The quantitative estimate of drug-likeness (QED) is 0.496. The van der Waals surface area contributed by atoms with Crippen LogP contribution in [0.3, 0.4) is 0 Å². The zero-order chi connectivity index (χ0) is 12.1. The zero-order valence-electron chi connectivity index (χ0n) is 9.28. The third kappa shape index (κ3) is 7.29. The molecular weight excluding hydrogens is 218 g/mol. The van der Waals surface area contributed by atoms with Gasteiger partial charge in [-0.05, 0) is 5.92 Å². The normalized spacial score (nSPS) is 13.9. The molecule has 0 aliphatic carbocycles. The van der Waals surface area contributed by atoms with Crippen molar-refractivity contribution in [1.29, 1.82) is 0 Å². The van der Waals surface area contributed by atoms with Gasteiger partial charge >= 0.3 is 0 Å². The van der Waals surface area contributed by atoms with Crippen LogP contribution >= 0.6 is 0 Å². The lowest BCUT2D eigenvalue weighted by Crippen LogP contribution is -2.46. The molecule has 7 heteroatoms. The molecule has 0 saturated heterocycles. The molecule has 0 aliphatic rings. The summed E-state index contributed by atoms with van der Waals surface area (Å²) in [6, 6.07) is -0.553. The van der Waals surface area contributed by atoms with Crippen molar-refractivity contribution >= 4 is 15.9 Å². The first-order chi connectivity index (χ1) is 6.74. The molecule has 15 heavy (non-hydrogen) atoms. The lowest BCUT2D eigenvalue weighted by molar-refractivity contribution is -0.123. The number of carbonyl (C=O) groups is 1. The minimum atomic E-state index is -3.19. The van der Waals surface area contributed by atoms with Crippen molar-refractivity contribution < 1.29 is 13.2 Å². The molecule has 90 valence electrons. The van der Waals surface area contributed by atoms with Gasteiger partial charge in [-0.25, -0.2) is 13.1 Å². The summed E-state index contributed by atoms with van der Waals surface area (Å²) in [6.07, 6.45) is 1.06. The van der Waals surface area contributed by atoms with Crippen molar-refractivity contribution in [3.8, 4) is 0 Å². The minimum Gasteiger partial charge on any atom is -0.353 e. The second kappa shape index (κ2) is 6.04. The second-order valence-electron chi connectivity index (χ2n) is 3.73. The number of nitrogens with one attached hydrogen (secondary N) is 2. The molecule has 0 saturated carbocycles. The van der Waals surface area contributed by atoms with E-state index in [1.165, 1.54) is 0 Å². The fourth-order valence-corrected chi connectivity index (χ4v) is 1.32. The lowest BCUT2D eigenvalue weighted by Gasteiger charge is -2.15. The summed E-state index contributed by atoms with van der Waals surface area (Å²) in [5.41, 5.74) is 5.58. The molecule has 1 atom stereocenters. The summed E-state index contributed by atoms with van der Waals surface area (Å²) >= 11 is 0. The molecule has 1 amide bonds. The first-order valence-electron chi connectivity index (χ1n) is 4.72.